The normalized spacial score (nSPS) is 10.4. The van der Waals surface area contributed by atoms with Gasteiger partial charge in [-0.3, -0.25) is 4.79 Å². The number of hydrogen-bond donors (Lipinski definition) is 2. The average molecular weight is 314 g/mol. The minimum absolute atomic E-state index is 0.272. The summed E-state index contributed by atoms with van der Waals surface area (Å²) in [4.78, 5) is 12.2. The van der Waals surface area contributed by atoms with Crippen molar-refractivity contribution in [2.45, 2.75) is 20.3 Å². The molecule has 1 amide bonds. The largest absolute Gasteiger partial charge is 0.385 e. The molecule has 6 nitrogen and oxygen atoms in total. The van der Waals surface area contributed by atoms with Crippen LogP contribution in [0.3, 0.4) is 0 Å². The molecule has 2 aromatic rings. The van der Waals surface area contributed by atoms with Crippen LogP contribution in [0, 0.1) is 13.8 Å². The number of carbonyl (C=O) groups is 1. The third-order valence-electron chi connectivity index (χ3n) is 3.49. The van der Waals surface area contributed by atoms with Crippen molar-refractivity contribution in [1.82, 2.24) is 10.2 Å². The number of aromatic nitrogens is 2. The van der Waals surface area contributed by atoms with Crippen LogP contribution >= 0.6 is 0 Å². The summed E-state index contributed by atoms with van der Waals surface area (Å²) in [5.41, 5.74) is 3.35. The number of benzene rings is 1. The van der Waals surface area contributed by atoms with Crippen LogP contribution in [0.25, 0.3) is 0 Å². The Morgan fingerprint density at radius 2 is 1.96 bits per heavy atom. The van der Waals surface area contributed by atoms with E-state index in [1.54, 1.807) is 19.2 Å². The molecule has 122 valence electrons. The van der Waals surface area contributed by atoms with Crippen LogP contribution in [0.2, 0.25) is 0 Å². The predicted octanol–water partition coefficient (Wildman–Crippen LogP) is 2.79. The summed E-state index contributed by atoms with van der Waals surface area (Å²) in [6.45, 7) is 5.48. The van der Waals surface area contributed by atoms with Crippen molar-refractivity contribution in [3.05, 3.63) is 47.2 Å². The molecule has 0 aliphatic carbocycles. The monoisotopic (exact) mass is 314 g/mol. The lowest BCUT2D eigenvalue weighted by Crippen LogP contribution is -2.15. The molecule has 0 spiro atoms. The highest BCUT2D eigenvalue weighted by Crippen LogP contribution is 2.15. The van der Waals surface area contributed by atoms with Crippen LogP contribution in [0.4, 0.5) is 11.5 Å². The Kier molecular flexibility index (Phi) is 6.05. The van der Waals surface area contributed by atoms with Crippen molar-refractivity contribution in [2.24, 2.45) is 0 Å². The van der Waals surface area contributed by atoms with Crippen molar-refractivity contribution in [3.8, 4) is 0 Å². The first-order chi connectivity index (χ1) is 11.1. The van der Waals surface area contributed by atoms with Gasteiger partial charge in [0.25, 0.3) is 5.91 Å². The first-order valence-electron chi connectivity index (χ1n) is 7.55. The number of nitrogens with zero attached hydrogens (tertiary/aromatic N) is 2. The Balaban J connectivity index is 1.93. The van der Waals surface area contributed by atoms with E-state index in [2.05, 4.69) is 20.8 Å². The molecule has 0 atom stereocenters. The van der Waals surface area contributed by atoms with Crippen LogP contribution in [0.5, 0.6) is 0 Å². The van der Waals surface area contributed by atoms with E-state index >= 15 is 0 Å². The average Bonchev–Trinajstić information content (AvgIpc) is 2.55. The van der Waals surface area contributed by atoms with Crippen LogP contribution < -0.4 is 10.6 Å². The Bertz CT molecular complexity index is 656. The van der Waals surface area contributed by atoms with E-state index in [9.17, 15) is 4.79 Å². The lowest BCUT2D eigenvalue weighted by Gasteiger charge is -2.08. The van der Waals surface area contributed by atoms with Gasteiger partial charge < -0.3 is 15.4 Å². The van der Waals surface area contributed by atoms with E-state index in [1.807, 2.05) is 32.0 Å². The Labute approximate surface area is 136 Å². The fourth-order valence-corrected chi connectivity index (χ4v) is 1.99. The molecule has 6 heteroatoms. The summed E-state index contributed by atoms with van der Waals surface area (Å²) < 4.78 is 4.97. The quantitative estimate of drug-likeness (QED) is 0.769. The van der Waals surface area contributed by atoms with E-state index in [1.165, 1.54) is 5.56 Å². The summed E-state index contributed by atoms with van der Waals surface area (Å²) in [7, 11) is 1.67. The second kappa shape index (κ2) is 8.24. The number of anilines is 2. The van der Waals surface area contributed by atoms with Crippen LogP contribution in [0.15, 0.2) is 30.3 Å². The number of hydrogen-bond acceptors (Lipinski definition) is 5. The second-order valence-electron chi connectivity index (χ2n) is 5.33. The van der Waals surface area contributed by atoms with Gasteiger partial charge >= 0.3 is 0 Å². The van der Waals surface area contributed by atoms with Gasteiger partial charge in [0.05, 0.1) is 0 Å². The van der Waals surface area contributed by atoms with E-state index in [-0.39, 0.29) is 11.6 Å². The Morgan fingerprint density at radius 3 is 2.61 bits per heavy atom. The van der Waals surface area contributed by atoms with Gasteiger partial charge in [-0.2, -0.15) is 0 Å². The molecule has 2 N–H and O–H groups in total. The smallest absolute Gasteiger partial charge is 0.276 e. The second-order valence-corrected chi connectivity index (χ2v) is 5.33. The molecule has 23 heavy (non-hydrogen) atoms. The summed E-state index contributed by atoms with van der Waals surface area (Å²) >= 11 is 0. The SMILES string of the molecule is COCCCNc1ccc(C(=O)Nc2ccc(C)c(C)c2)nn1. The standard InChI is InChI=1S/C17H22N4O2/c1-12-5-6-14(11-13(12)2)19-17(22)15-7-8-16(21-20-15)18-9-4-10-23-3/h5-8,11H,4,9-10H2,1-3H3,(H,18,21)(H,19,22). The maximum atomic E-state index is 12.2. The molecule has 0 aliphatic heterocycles. The molecule has 0 radical (unpaired) electrons. The number of ether oxygens (including phenoxy) is 1. The number of nitrogens with one attached hydrogen (secondary N) is 2. The minimum Gasteiger partial charge on any atom is -0.385 e. The molecule has 1 aromatic heterocycles. The maximum Gasteiger partial charge on any atom is 0.276 e. The molecular formula is C17H22N4O2. The summed E-state index contributed by atoms with van der Waals surface area (Å²) in [5, 5.41) is 13.9. The zero-order valence-corrected chi connectivity index (χ0v) is 13.7. The highest BCUT2D eigenvalue weighted by molar-refractivity contribution is 6.02. The molecule has 2 rings (SSSR count). The molecule has 0 unspecified atom stereocenters. The number of methoxy groups -OCH3 is 1. The van der Waals surface area contributed by atoms with Crippen molar-refractivity contribution in [3.63, 3.8) is 0 Å². The van der Waals surface area contributed by atoms with Gasteiger partial charge in [-0.15, -0.1) is 10.2 Å². The van der Waals surface area contributed by atoms with Gasteiger partial charge in [0, 0.05) is 25.9 Å². The van der Waals surface area contributed by atoms with E-state index in [4.69, 9.17) is 4.74 Å². The lowest BCUT2D eigenvalue weighted by molar-refractivity contribution is 0.102. The zero-order valence-electron chi connectivity index (χ0n) is 13.7. The van der Waals surface area contributed by atoms with Crippen molar-refractivity contribution < 1.29 is 9.53 Å². The molecule has 1 aromatic carbocycles. The molecule has 0 bridgehead atoms. The van der Waals surface area contributed by atoms with Gasteiger partial charge in [-0.1, -0.05) is 6.07 Å². The number of aryl methyl sites for hydroxylation is 2. The number of carbonyl (C=O) groups excluding carboxylic acids is 1. The van der Waals surface area contributed by atoms with Gasteiger partial charge in [-0.05, 0) is 55.7 Å². The maximum absolute atomic E-state index is 12.2. The lowest BCUT2D eigenvalue weighted by atomic mass is 10.1. The molecule has 0 saturated carbocycles. The summed E-state index contributed by atoms with van der Waals surface area (Å²) in [5.74, 6) is 0.371. The van der Waals surface area contributed by atoms with Crippen molar-refractivity contribution in [1.29, 1.82) is 0 Å². The number of amides is 1. The molecular weight excluding hydrogens is 292 g/mol. The highest BCUT2D eigenvalue weighted by Gasteiger charge is 2.09. The molecule has 0 saturated heterocycles. The van der Waals surface area contributed by atoms with Crippen molar-refractivity contribution >= 4 is 17.4 Å². The predicted molar refractivity (Wildman–Crippen MR) is 90.9 cm³/mol. The minimum atomic E-state index is -0.272. The van der Waals surface area contributed by atoms with Crippen LogP contribution in [-0.4, -0.2) is 36.4 Å². The topological polar surface area (TPSA) is 76.1 Å². The fourth-order valence-electron chi connectivity index (χ4n) is 1.99. The zero-order chi connectivity index (χ0) is 16.7. The van der Waals surface area contributed by atoms with E-state index < -0.39 is 0 Å². The third kappa shape index (κ3) is 5.03. The van der Waals surface area contributed by atoms with Gasteiger partial charge in [0.15, 0.2) is 5.69 Å². The van der Waals surface area contributed by atoms with E-state index in [0.717, 1.165) is 24.2 Å². The van der Waals surface area contributed by atoms with Crippen molar-refractivity contribution in [2.75, 3.05) is 30.9 Å². The summed E-state index contributed by atoms with van der Waals surface area (Å²) in [6, 6.07) is 9.19. The molecule has 0 fully saturated rings. The first-order valence-corrected chi connectivity index (χ1v) is 7.55. The third-order valence-corrected chi connectivity index (χ3v) is 3.49. The van der Waals surface area contributed by atoms with Crippen LogP contribution in [0.1, 0.15) is 28.0 Å². The fraction of sp³-hybridized carbons (Fsp3) is 0.353. The Hall–Kier alpha value is -2.47. The number of rotatable bonds is 7. The first kappa shape index (κ1) is 16.9. The van der Waals surface area contributed by atoms with Gasteiger partial charge in [0.2, 0.25) is 0 Å². The van der Waals surface area contributed by atoms with E-state index in [0.29, 0.717) is 12.4 Å². The summed E-state index contributed by atoms with van der Waals surface area (Å²) in [6.07, 6.45) is 0.882. The molecule has 0 aliphatic rings. The van der Waals surface area contributed by atoms with Gasteiger partial charge in [0.1, 0.15) is 5.82 Å². The molecule has 1 heterocycles. The van der Waals surface area contributed by atoms with Crippen LogP contribution in [-0.2, 0) is 4.74 Å². The van der Waals surface area contributed by atoms with Gasteiger partial charge in [-0.25, -0.2) is 0 Å². The highest BCUT2D eigenvalue weighted by atomic mass is 16.5. The Morgan fingerprint density at radius 1 is 1.13 bits per heavy atom.